The lowest BCUT2D eigenvalue weighted by molar-refractivity contribution is -0.452. The van der Waals surface area contributed by atoms with E-state index in [1.165, 1.54) is 65.9 Å². The van der Waals surface area contributed by atoms with Crippen LogP contribution in [-0.4, -0.2) is 14.9 Å². The summed E-state index contributed by atoms with van der Waals surface area (Å²) in [5.74, 6) is 0. The molecule has 2 heteroatoms. The Morgan fingerprint density at radius 2 is 1.18 bits per heavy atom. The zero-order chi connectivity index (χ0) is 30.0. The molecule has 0 fully saturated rings. The molecule has 6 aromatic carbocycles. The minimum atomic E-state index is 0.833. The number of rotatable bonds is 8. The van der Waals surface area contributed by atoms with Crippen LogP contribution in [0.2, 0.25) is 0 Å². The Labute approximate surface area is 263 Å². The second kappa shape index (κ2) is 11.7. The summed E-state index contributed by atoms with van der Waals surface area (Å²) in [6.45, 7) is 1.67. The molecule has 2 nitrogen and oxygen atoms in total. The SMILES string of the molecule is C(=C\C=C\C1=[N+](Cc2ccccc2)c2cccc3cccc1c23)/C=C/C=c1\c2cccc3cccc(c32)n1Cc1ccccc1. The molecule has 7 aromatic rings. The average molecular weight is 578 g/mol. The van der Waals surface area contributed by atoms with Crippen LogP contribution >= 0.6 is 0 Å². The van der Waals surface area contributed by atoms with Gasteiger partial charge in [0.1, 0.15) is 0 Å². The van der Waals surface area contributed by atoms with Crippen LogP contribution in [0.1, 0.15) is 16.7 Å². The highest BCUT2D eigenvalue weighted by Crippen LogP contribution is 2.36. The Kier molecular flexibility index (Phi) is 7.01. The van der Waals surface area contributed by atoms with E-state index in [-0.39, 0.29) is 0 Å². The molecule has 214 valence electrons. The quantitative estimate of drug-likeness (QED) is 0.126. The molecule has 1 aliphatic rings. The molecule has 45 heavy (non-hydrogen) atoms. The van der Waals surface area contributed by atoms with Gasteiger partial charge in [0.25, 0.3) is 0 Å². The maximum atomic E-state index is 2.44. The number of aromatic nitrogens is 1. The Bertz CT molecular complexity index is 2340. The van der Waals surface area contributed by atoms with Crippen molar-refractivity contribution in [1.29, 1.82) is 0 Å². The van der Waals surface area contributed by atoms with E-state index >= 15 is 0 Å². The Morgan fingerprint density at radius 1 is 0.533 bits per heavy atom. The smallest absolute Gasteiger partial charge is 0.214 e. The highest BCUT2D eigenvalue weighted by atomic mass is 15.0. The molecule has 0 radical (unpaired) electrons. The van der Waals surface area contributed by atoms with Crippen molar-refractivity contribution in [2.45, 2.75) is 13.1 Å². The van der Waals surface area contributed by atoms with Crippen molar-refractivity contribution in [3.05, 3.63) is 192 Å². The lowest BCUT2D eigenvalue weighted by Gasteiger charge is -2.07. The summed E-state index contributed by atoms with van der Waals surface area (Å²) in [6, 6.07) is 47.9. The molecular formula is C43H33N2+. The van der Waals surface area contributed by atoms with Gasteiger partial charge in [-0.25, -0.2) is 0 Å². The van der Waals surface area contributed by atoms with E-state index in [2.05, 4.69) is 185 Å². The van der Waals surface area contributed by atoms with Crippen LogP contribution in [0, 0.1) is 0 Å². The molecule has 0 saturated carbocycles. The summed E-state index contributed by atoms with van der Waals surface area (Å²) in [6.07, 6.45) is 15.2. The molecule has 0 saturated heterocycles. The first-order valence-electron chi connectivity index (χ1n) is 15.6. The average Bonchev–Trinajstić information content (AvgIpc) is 3.55. The molecule has 0 spiro atoms. The minimum Gasteiger partial charge on any atom is -0.336 e. The largest absolute Gasteiger partial charge is 0.336 e. The maximum absolute atomic E-state index is 2.44. The summed E-state index contributed by atoms with van der Waals surface area (Å²) in [4.78, 5) is 0. The number of hydrogen-bond acceptors (Lipinski definition) is 0. The molecule has 0 unspecified atom stereocenters. The maximum Gasteiger partial charge on any atom is 0.214 e. The van der Waals surface area contributed by atoms with Gasteiger partial charge in [-0.2, -0.15) is 4.58 Å². The van der Waals surface area contributed by atoms with E-state index in [9.17, 15) is 0 Å². The molecule has 1 aliphatic heterocycles. The Morgan fingerprint density at radius 3 is 1.98 bits per heavy atom. The van der Waals surface area contributed by atoms with Crippen molar-refractivity contribution in [3.63, 3.8) is 0 Å². The van der Waals surface area contributed by atoms with Crippen LogP contribution in [-0.2, 0) is 13.1 Å². The summed E-state index contributed by atoms with van der Waals surface area (Å²) >= 11 is 0. The van der Waals surface area contributed by atoms with E-state index in [1.54, 1.807) is 0 Å². The lowest BCUT2D eigenvalue weighted by Crippen LogP contribution is -2.16. The van der Waals surface area contributed by atoms with Gasteiger partial charge in [0, 0.05) is 40.4 Å². The summed E-state index contributed by atoms with van der Waals surface area (Å²) in [5.41, 5.74) is 7.66. The second-order valence-electron chi connectivity index (χ2n) is 11.6. The number of benzene rings is 6. The van der Waals surface area contributed by atoms with Crippen molar-refractivity contribution in [2.75, 3.05) is 0 Å². The lowest BCUT2D eigenvalue weighted by atomic mass is 10.0. The van der Waals surface area contributed by atoms with Crippen LogP contribution in [0.15, 0.2) is 170 Å². The second-order valence-corrected chi connectivity index (χ2v) is 11.6. The normalized spacial score (nSPS) is 13.7. The third-order valence-corrected chi connectivity index (χ3v) is 8.80. The van der Waals surface area contributed by atoms with E-state index in [1.807, 2.05) is 0 Å². The van der Waals surface area contributed by atoms with E-state index in [4.69, 9.17) is 0 Å². The van der Waals surface area contributed by atoms with Gasteiger partial charge < -0.3 is 4.57 Å². The van der Waals surface area contributed by atoms with Gasteiger partial charge in [-0.05, 0) is 34.5 Å². The number of allylic oxidation sites excluding steroid dienone is 6. The topological polar surface area (TPSA) is 7.94 Å². The van der Waals surface area contributed by atoms with E-state index in [0.29, 0.717) is 0 Å². The van der Waals surface area contributed by atoms with Crippen molar-refractivity contribution in [1.82, 2.24) is 4.57 Å². The Hall–Kier alpha value is -5.73. The monoisotopic (exact) mass is 577 g/mol. The molecule has 1 aromatic heterocycles. The first kappa shape index (κ1) is 26.9. The number of hydrogen-bond donors (Lipinski definition) is 0. The van der Waals surface area contributed by atoms with E-state index in [0.717, 1.165) is 13.1 Å². The summed E-state index contributed by atoms with van der Waals surface area (Å²) in [5, 5.41) is 7.75. The molecule has 2 heterocycles. The van der Waals surface area contributed by atoms with Gasteiger partial charge in [-0.3, -0.25) is 0 Å². The highest BCUT2D eigenvalue weighted by Gasteiger charge is 2.30. The van der Waals surface area contributed by atoms with Crippen LogP contribution in [0.4, 0.5) is 5.69 Å². The first-order chi connectivity index (χ1) is 22.3. The van der Waals surface area contributed by atoms with Gasteiger partial charge in [0.05, 0.1) is 16.5 Å². The molecular weight excluding hydrogens is 544 g/mol. The third kappa shape index (κ3) is 5.01. The number of nitrogens with zero attached hydrogens (tertiary/aromatic N) is 2. The predicted octanol–water partition coefficient (Wildman–Crippen LogP) is 9.51. The van der Waals surface area contributed by atoms with Gasteiger partial charge >= 0.3 is 0 Å². The van der Waals surface area contributed by atoms with Crippen molar-refractivity contribution in [3.8, 4) is 0 Å². The zero-order valence-corrected chi connectivity index (χ0v) is 25.1. The molecule has 0 N–H and O–H groups in total. The summed E-state index contributed by atoms with van der Waals surface area (Å²) < 4.78 is 4.88. The van der Waals surface area contributed by atoms with Crippen molar-refractivity contribution in [2.24, 2.45) is 0 Å². The van der Waals surface area contributed by atoms with Crippen molar-refractivity contribution >= 4 is 49.9 Å². The fourth-order valence-corrected chi connectivity index (χ4v) is 6.79. The first-order valence-corrected chi connectivity index (χ1v) is 15.6. The van der Waals surface area contributed by atoms with Gasteiger partial charge in [0.15, 0.2) is 6.54 Å². The molecule has 0 amide bonds. The van der Waals surface area contributed by atoms with Gasteiger partial charge in [-0.1, -0.05) is 146 Å². The fourth-order valence-electron chi connectivity index (χ4n) is 6.79. The van der Waals surface area contributed by atoms with Crippen molar-refractivity contribution < 1.29 is 4.58 Å². The predicted molar refractivity (Wildman–Crippen MR) is 190 cm³/mol. The molecule has 8 rings (SSSR count). The standard InChI is InChI=1S/C43H33N2/c1(2-10-26-38-36-24-12-20-34-22-14-28-40(42(34)36)44(38)30-32-16-6-4-7-17-32)3-11-27-39-37-25-13-21-35-23-15-29-41(43(35)37)45(39)31-33-18-8-5-9-19-33/h1-29H,30-31H2/q+1. The minimum absolute atomic E-state index is 0.833. The van der Waals surface area contributed by atoms with Gasteiger partial charge in [0.2, 0.25) is 11.4 Å². The van der Waals surface area contributed by atoms with Crippen LogP contribution in [0.3, 0.4) is 0 Å². The summed E-state index contributed by atoms with van der Waals surface area (Å²) in [7, 11) is 0. The zero-order valence-electron chi connectivity index (χ0n) is 25.1. The van der Waals surface area contributed by atoms with Crippen LogP contribution in [0.5, 0.6) is 0 Å². The molecule has 0 atom stereocenters. The Balaban J connectivity index is 1.11. The van der Waals surface area contributed by atoms with Crippen LogP contribution in [0.25, 0.3) is 38.5 Å². The third-order valence-electron chi connectivity index (χ3n) is 8.80. The fraction of sp³-hybridized carbons (Fsp3) is 0.0465. The molecule has 0 aliphatic carbocycles. The molecule has 0 bridgehead atoms. The van der Waals surface area contributed by atoms with Gasteiger partial charge in [-0.15, -0.1) is 0 Å². The highest BCUT2D eigenvalue weighted by molar-refractivity contribution is 6.19. The van der Waals surface area contributed by atoms with Crippen LogP contribution < -0.4 is 5.35 Å². The van der Waals surface area contributed by atoms with E-state index < -0.39 is 0 Å².